The van der Waals surface area contributed by atoms with Crippen LogP contribution in [0.3, 0.4) is 0 Å². The zero-order valence-electron chi connectivity index (χ0n) is 10.5. The number of hydrogen-bond donors (Lipinski definition) is 1. The van der Waals surface area contributed by atoms with Crippen molar-refractivity contribution in [3.63, 3.8) is 0 Å². The van der Waals surface area contributed by atoms with Gasteiger partial charge in [-0.2, -0.15) is 0 Å². The molecule has 0 saturated heterocycles. The molecule has 1 aromatic heterocycles. The average molecular weight is 275 g/mol. The van der Waals surface area contributed by atoms with Crippen molar-refractivity contribution in [2.24, 2.45) is 5.92 Å². The maximum Gasteiger partial charge on any atom is 0.269 e. The Morgan fingerprint density at radius 3 is 2.89 bits per heavy atom. The van der Waals surface area contributed by atoms with Crippen LogP contribution in [0, 0.1) is 5.92 Å². The van der Waals surface area contributed by atoms with Crippen LogP contribution >= 0.6 is 11.6 Å². The Hall–Kier alpha value is -1.61. The molecule has 1 aliphatic carbocycles. The van der Waals surface area contributed by atoms with Crippen molar-refractivity contribution in [1.82, 2.24) is 10.3 Å². The molecular weight excluding hydrogens is 260 g/mol. The first-order valence-corrected chi connectivity index (χ1v) is 6.96. The van der Waals surface area contributed by atoms with E-state index in [9.17, 15) is 4.79 Å². The van der Waals surface area contributed by atoms with Gasteiger partial charge < -0.3 is 5.32 Å². The lowest BCUT2D eigenvalue weighted by atomic mass is 10.2. The molecule has 98 valence electrons. The van der Waals surface area contributed by atoms with E-state index in [2.05, 4.69) is 10.3 Å². The molecule has 0 aliphatic heterocycles. The van der Waals surface area contributed by atoms with Gasteiger partial charge in [0, 0.05) is 11.9 Å². The van der Waals surface area contributed by atoms with E-state index >= 15 is 0 Å². The van der Waals surface area contributed by atoms with E-state index in [0.717, 1.165) is 10.9 Å². The average Bonchev–Trinajstić information content (AvgIpc) is 3.28. The van der Waals surface area contributed by atoms with Crippen LogP contribution in [0.2, 0.25) is 0 Å². The number of fused-ring (bicyclic) bond motifs is 1. The van der Waals surface area contributed by atoms with Crippen LogP contribution in [0.4, 0.5) is 0 Å². The fraction of sp³-hybridized carbons (Fsp3) is 0.333. The molecule has 1 aliphatic rings. The number of nitrogens with one attached hydrogen (secondary N) is 1. The largest absolute Gasteiger partial charge is 0.349 e. The number of carbonyl (C=O) groups excluding carboxylic acids is 1. The predicted octanol–water partition coefficient (Wildman–Crippen LogP) is 2.98. The van der Waals surface area contributed by atoms with Crippen LogP contribution in [0.15, 0.2) is 36.4 Å². The van der Waals surface area contributed by atoms with Gasteiger partial charge in [-0.15, -0.1) is 11.6 Å². The lowest BCUT2D eigenvalue weighted by Crippen LogP contribution is -2.31. The summed E-state index contributed by atoms with van der Waals surface area (Å²) in [4.78, 5) is 16.4. The summed E-state index contributed by atoms with van der Waals surface area (Å²) in [6.45, 7) is 0.513. The fourth-order valence-corrected chi connectivity index (χ4v) is 2.43. The number of amides is 1. The summed E-state index contributed by atoms with van der Waals surface area (Å²) in [5.74, 6) is 0.420. The highest BCUT2D eigenvalue weighted by Gasteiger charge is 2.29. The number of nitrogens with zero attached hydrogens (tertiary/aromatic N) is 1. The van der Waals surface area contributed by atoms with E-state index in [-0.39, 0.29) is 11.3 Å². The lowest BCUT2D eigenvalue weighted by Gasteiger charge is -2.09. The molecular formula is C15H15ClN2O. The van der Waals surface area contributed by atoms with Crippen molar-refractivity contribution < 1.29 is 4.79 Å². The Morgan fingerprint density at radius 2 is 2.11 bits per heavy atom. The summed E-state index contributed by atoms with van der Waals surface area (Å²) >= 11 is 6.17. The van der Waals surface area contributed by atoms with Crippen LogP contribution < -0.4 is 5.32 Å². The van der Waals surface area contributed by atoms with Crippen molar-refractivity contribution in [2.75, 3.05) is 6.54 Å². The van der Waals surface area contributed by atoms with Gasteiger partial charge >= 0.3 is 0 Å². The highest BCUT2D eigenvalue weighted by Crippen LogP contribution is 2.35. The van der Waals surface area contributed by atoms with Gasteiger partial charge in [0.25, 0.3) is 5.91 Å². The van der Waals surface area contributed by atoms with Crippen LogP contribution in [0.1, 0.15) is 23.3 Å². The van der Waals surface area contributed by atoms with Crippen LogP contribution in [0.25, 0.3) is 10.9 Å². The molecule has 2 aromatic rings. The summed E-state index contributed by atoms with van der Waals surface area (Å²) in [5.41, 5.74) is 1.28. The van der Waals surface area contributed by atoms with Crippen molar-refractivity contribution in [3.05, 3.63) is 42.1 Å². The Morgan fingerprint density at radius 1 is 1.32 bits per heavy atom. The number of benzene rings is 1. The van der Waals surface area contributed by atoms with E-state index in [1.54, 1.807) is 6.07 Å². The summed E-state index contributed by atoms with van der Waals surface area (Å²) < 4.78 is 0. The number of halogens is 1. The van der Waals surface area contributed by atoms with E-state index in [4.69, 9.17) is 11.6 Å². The number of hydrogen-bond acceptors (Lipinski definition) is 2. The molecule has 1 aromatic carbocycles. The second-order valence-corrected chi connectivity index (χ2v) is 5.51. The van der Waals surface area contributed by atoms with Crippen molar-refractivity contribution >= 4 is 28.4 Å². The van der Waals surface area contributed by atoms with Gasteiger partial charge in [-0.3, -0.25) is 4.79 Å². The molecule has 1 fully saturated rings. The molecule has 3 rings (SSSR count). The summed E-state index contributed by atoms with van der Waals surface area (Å²) in [6, 6.07) is 11.4. The standard InChI is InChI=1S/C15H15ClN2O/c16-12(10-5-6-10)9-17-15(19)14-8-7-11-3-1-2-4-13(11)18-14/h1-4,7-8,10,12H,5-6,9H2,(H,17,19). The van der Waals surface area contributed by atoms with Crippen molar-refractivity contribution in [1.29, 1.82) is 0 Å². The van der Waals surface area contributed by atoms with Gasteiger partial charge in [-0.25, -0.2) is 4.98 Å². The molecule has 0 bridgehead atoms. The molecule has 19 heavy (non-hydrogen) atoms. The number of para-hydroxylation sites is 1. The van der Waals surface area contributed by atoms with Crippen LogP contribution in [-0.2, 0) is 0 Å². The molecule has 0 spiro atoms. The summed E-state index contributed by atoms with van der Waals surface area (Å²) in [7, 11) is 0. The number of aromatic nitrogens is 1. The van der Waals surface area contributed by atoms with E-state index in [1.165, 1.54) is 12.8 Å². The smallest absolute Gasteiger partial charge is 0.269 e. The maximum atomic E-state index is 12.0. The summed E-state index contributed by atoms with van der Waals surface area (Å²) in [6.07, 6.45) is 2.36. The van der Waals surface area contributed by atoms with Crippen molar-refractivity contribution in [2.45, 2.75) is 18.2 Å². The molecule has 1 unspecified atom stereocenters. The highest BCUT2D eigenvalue weighted by atomic mass is 35.5. The molecule has 1 heterocycles. The molecule has 0 radical (unpaired) electrons. The summed E-state index contributed by atoms with van der Waals surface area (Å²) in [5, 5.41) is 3.93. The first-order chi connectivity index (χ1) is 9.24. The van der Waals surface area contributed by atoms with Gasteiger partial charge in [-0.05, 0) is 30.9 Å². The zero-order chi connectivity index (χ0) is 13.2. The third-order valence-electron chi connectivity index (χ3n) is 3.42. The first-order valence-electron chi connectivity index (χ1n) is 6.52. The number of alkyl halides is 1. The van der Waals surface area contributed by atoms with E-state index < -0.39 is 0 Å². The Kier molecular flexibility index (Phi) is 3.38. The van der Waals surface area contributed by atoms with Crippen LogP contribution in [0.5, 0.6) is 0 Å². The Labute approximate surface area is 117 Å². The fourth-order valence-electron chi connectivity index (χ4n) is 2.10. The third-order valence-corrected chi connectivity index (χ3v) is 3.93. The number of rotatable bonds is 4. The second-order valence-electron chi connectivity index (χ2n) is 4.95. The Bertz CT molecular complexity index is 610. The van der Waals surface area contributed by atoms with E-state index in [1.807, 2.05) is 30.3 Å². The molecule has 1 atom stereocenters. The zero-order valence-corrected chi connectivity index (χ0v) is 11.2. The van der Waals surface area contributed by atoms with Gasteiger partial charge in [0.05, 0.1) is 10.9 Å². The molecule has 1 N–H and O–H groups in total. The topological polar surface area (TPSA) is 42.0 Å². The molecule has 1 saturated carbocycles. The van der Waals surface area contributed by atoms with Gasteiger partial charge in [0.1, 0.15) is 5.69 Å². The van der Waals surface area contributed by atoms with Crippen LogP contribution in [-0.4, -0.2) is 22.8 Å². The highest BCUT2D eigenvalue weighted by molar-refractivity contribution is 6.21. The second kappa shape index (κ2) is 5.17. The minimum absolute atomic E-state index is 0.0457. The monoisotopic (exact) mass is 274 g/mol. The number of pyridine rings is 1. The van der Waals surface area contributed by atoms with Gasteiger partial charge in [-0.1, -0.05) is 24.3 Å². The molecule has 4 heteroatoms. The predicted molar refractivity (Wildman–Crippen MR) is 76.4 cm³/mol. The SMILES string of the molecule is O=C(NCC(Cl)C1CC1)c1ccc2ccccc2n1. The van der Waals surface area contributed by atoms with E-state index in [0.29, 0.717) is 18.2 Å². The lowest BCUT2D eigenvalue weighted by molar-refractivity contribution is 0.0948. The van der Waals surface area contributed by atoms with Crippen molar-refractivity contribution in [3.8, 4) is 0 Å². The number of carbonyl (C=O) groups is 1. The first kappa shape index (κ1) is 12.4. The molecule has 3 nitrogen and oxygen atoms in total. The quantitative estimate of drug-likeness (QED) is 0.871. The van der Waals surface area contributed by atoms with Gasteiger partial charge in [0.2, 0.25) is 0 Å². The Balaban J connectivity index is 1.70. The minimum atomic E-state index is -0.156. The normalized spacial score (nSPS) is 16.3. The minimum Gasteiger partial charge on any atom is -0.349 e. The third kappa shape index (κ3) is 2.87. The maximum absolute atomic E-state index is 12.0. The molecule has 1 amide bonds. The van der Waals surface area contributed by atoms with Gasteiger partial charge in [0.15, 0.2) is 0 Å².